The number of Topliss-reactive ketones (excluding diaryl/α,β-unsaturated/α-hetero) is 1. The van der Waals surface area contributed by atoms with Crippen LogP contribution in [0.15, 0.2) is 23.3 Å². The fraction of sp³-hybridized carbons (Fsp3) is 0.421. The molecular formula is C19H21N3O5. The number of aryl methyl sites for hydroxylation is 2. The van der Waals surface area contributed by atoms with Gasteiger partial charge in [-0.1, -0.05) is 6.07 Å². The molecule has 1 aromatic rings. The van der Waals surface area contributed by atoms with Gasteiger partial charge in [0.05, 0.1) is 12.8 Å². The molecule has 8 nitrogen and oxygen atoms in total. The predicted molar refractivity (Wildman–Crippen MR) is 97.1 cm³/mol. The van der Waals surface area contributed by atoms with Crippen LogP contribution in [0.4, 0.5) is 5.69 Å². The molecule has 8 heteroatoms. The summed E-state index contributed by atoms with van der Waals surface area (Å²) in [5, 5.41) is 5.50. The van der Waals surface area contributed by atoms with Gasteiger partial charge in [0.1, 0.15) is 17.7 Å². The van der Waals surface area contributed by atoms with Gasteiger partial charge in [0, 0.05) is 13.0 Å². The van der Waals surface area contributed by atoms with Crippen LogP contribution in [0.2, 0.25) is 0 Å². The molecule has 0 N–H and O–H groups in total. The highest BCUT2D eigenvalue weighted by Crippen LogP contribution is 2.36. The zero-order valence-electron chi connectivity index (χ0n) is 15.7. The lowest BCUT2D eigenvalue weighted by atomic mass is 9.98. The Labute approximate surface area is 156 Å². The Morgan fingerprint density at radius 1 is 1.11 bits per heavy atom. The fourth-order valence-corrected chi connectivity index (χ4v) is 3.55. The summed E-state index contributed by atoms with van der Waals surface area (Å²) in [7, 11) is 1.20. The smallest absolute Gasteiger partial charge is 0.355 e. The third-order valence-corrected chi connectivity index (χ3v) is 4.68. The Balaban J connectivity index is 2.01. The number of hydrogen-bond acceptors (Lipinski definition) is 7. The first kappa shape index (κ1) is 18.8. The van der Waals surface area contributed by atoms with Crippen molar-refractivity contribution >= 4 is 35.0 Å². The maximum Gasteiger partial charge on any atom is 0.355 e. The largest absolute Gasteiger partial charge is 0.464 e. The van der Waals surface area contributed by atoms with E-state index in [2.05, 4.69) is 5.10 Å². The molecule has 0 aromatic heterocycles. The van der Waals surface area contributed by atoms with Gasteiger partial charge in [-0.2, -0.15) is 5.10 Å². The van der Waals surface area contributed by atoms with Crippen LogP contribution in [-0.4, -0.2) is 54.0 Å². The number of benzene rings is 1. The third kappa shape index (κ3) is 3.22. The van der Waals surface area contributed by atoms with Crippen LogP contribution in [0.5, 0.6) is 0 Å². The standard InChI is InChI=1S/C19H21N3O5/c1-10-7-11(2)9-13(8-10)22-17(24)14-15(19(26)27-4)20-21(6-5-12(3)23)16(14)18(22)25/h7-9,14,16H,5-6H2,1-4H3/t14-,16+/m1/s1. The quantitative estimate of drug-likeness (QED) is 0.566. The van der Waals surface area contributed by atoms with Crippen LogP contribution in [0.3, 0.4) is 0 Å². The van der Waals surface area contributed by atoms with Gasteiger partial charge in [-0.3, -0.25) is 19.4 Å². The van der Waals surface area contributed by atoms with Crippen molar-refractivity contribution in [1.82, 2.24) is 5.01 Å². The predicted octanol–water partition coefficient (Wildman–Crippen LogP) is 0.985. The number of amides is 2. The number of ketones is 1. The minimum absolute atomic E-state index is 0.0730. The molecule has 1 fully saturated rings. The van der Waals surface area contributed by atoms with Gasteiger partial charge in [-0.05, 0) is 44.0 Å². The molecule has 27 heavy (non-hydrogen) atoms. The summed E-state index contributed by atoms with van der Waals surface area (Å²) < 4.78 is 4.73. The Morgan fingerprint density at radius 2 is 1.74 bits per heavy atom. The number of hydrogen-bond donors (Lipinski definition) is 0. The minimum Gasteiger partial charge on any atom is -0.464 e. The van der Waals surface area contributed by atoms with Gasteiger partial charge in [-0.15, -0.1) is 0 Å². The van der Waals surface area contributed by atoms with Crippen LogP contribution in [0, 0.1) is 19.8 Å². The van der Waals surface area contributed by atoms with Crippen molar-refractivity contribution in [1.29, 1.82) is 0 Å². The highest BCUT2D eigenvalue weighted by molar-refractivity contribution is 6.46. The molecule has 1 aromatic carbocycles. The van der Waals surface area contributed by atoms with Gasteiger partial charge in [0.2, 0.25) is 5.91 Å². The Bertz CT molecular complexity index is 856. The average Bonchev–Trinajstić information content (AvgIpc) is 3.08. The van der Waals surface area contributed by atoms with Crippen LogP contribution >= 0.6 is 0 Å². The third-order valence-electron chi connectivity index (χ3n) is 4.68. The number of ether oxygens (including phenoxy) is 1. The first-order valence-electron chi connectivity index (χ1n) is 8.63. The van der Waals surface area contributed by atoms with Crippen molar-refractivity contribution in [3.05, 3.63) is 29.3 Å². The molecule has 2 amide bonds. The Hall–Kier alpha value is -3.03. The van der Waals surface area contributed by atoms with Gasteiger partial charge in [0.15, 0.2) is 5.71 Å². The summed E-state index contributed by atoms with van der Waals surface area (Å²) in [5.41, 5.74) is 2.19. The van der Waals surface area contributed by atoms with Crippen molar-refractivity contribution in [3.8, 4) is 0 Å². The highest BCUT2D eigenvalue weighted by atomic mass is 16.5. The van der Waals surface area contributed by atoms with E-state index in [9.17, 15) is 19.2 Å². The number of carbonyl (C=O) groups excluding carboxylic acids is 4. The number of hydrazone groups is 1. The van der Waals surface area contributed by atoms with Crippen molar-refractivity contribution in [2.24, 2.45) is 11.0 Å². The van der Waals surface area contributed by atoms with Gasteiger partial charge in [0.25, 0.3) is 5.91 Å². The van der Waals surface area contributed by atoms with E-state index in [1.165, 1.54) is 19.0 Å². The molecule has 0 spiro atoms. The second-order valence-corrected chi connectivity index (χ2v) is 6.87. The molecule has 3 rings (SSSR count). The van der Waals surface area contributed by atoms with E-state index in [1.54, 1.807) is 12.1 Å². The second kappa shape index (κ2) is 6.94. The van der Waals surface area contributed by atoms with Crippen LogP contribution in [0.1, 0.15) is 24.5 Å². The number of imide groups is 1. The van der Waals surface area contributed by atoms with Crippen LogP contribution < -0.4 is 4.90 Å². The normalized spacial score (nSPS) is 21.4. The van der Waals surface area contributed by atoms with Crippen molar-refractivity contribution in [2.45, 2.75) is 33.2 Å². The number of rotatable bonds is 5. The van der Waals surface area contributed by atoms with Gasteiger partial charge in [-0.25, -0.2) is 9.69 Å². The summed E-state index contributed by atoms with van der Waals surface area (Å²) in [6.07, 6.45) is 0.159. The molecule has 2 heterocycles. The number of nitrogens with zero attached hydrogens (tertiary/aromatic N) is 3. The minimum atomic E-state index is -1.03. The highest BCUT2D eigenvalue weighted by Gasteiger charge is 2.58. The zero-order chi connectivity index (χ0) is 19.9. The topological polar surface area (TPSA) is 96.3 Å². The summed E-state index contributed by atoms with van der Waals surface area (Å²) in [5.74, 6) is -2.82. The van der Waals surface area contributed by atoms with E-state index >= 15 is 0 Å². The first-order chi connectivity index (χ1) is 12.7. The van der Waals surface area contributed by atoms with E-state index in [1.807, 2.05) is 19.9 Å². The van der Waals surface area contributed by atoms with Crippen molar-refractivity contribution < 1.29 is 23.9 Å². The van der Waals surface area contributed by atoms with E-state index in [-0.39, 0.29) is 24.5 Å². The maximum atomic E-state index is 13.1. The van der Waals surface area contributed by atoms with Crippen molar-refractivity contribution in [2.75, 3.05) is 18.6 Å². The van der Waals surface area contributed by atoms with E-state index in [4.69, 9.17) is 4.74 Å². The van der Waals surface area contributed by atoms with E-state index in [0.29, 0.717) is 5.69 Å². The molecule has 0 radical (unpaired) electrons. The lowest BCUT2D eigenvalue weighted by molar-refractivity contribution is -0.133. The zero-order valence-corrected chi connectivity index (χ0v) is 15.7. The van der Waals surface area contributed by atoms with Crippen LogP contribution in [-0.2, 0) is 23.9 Å². The van der Waals surface area contributed by atoms with E-state index < -0.39 is 29.7 Å². The monoisotopic (exact) mass is 371 g/mol. The van der Waals surface area contributed by atoms with Crippen LogP contribution in [0.25, 0.3) is 0 Å². The Kier molecular flexibility index (Phi) is 4.82. The Morgan fingerprint density at radius 3 is 2.30 bits per heavy atom. The molecule has 0 saturated carbocycles. The summed E-state index contributed by atoms with van der Waals surface area (Å²) in [6.45, 7) is 5.34. The lowest BCUT2D eigenvalue weighted by Crippen LogP contribution is -2.40. The SMILES string of the molecule is COC(=O)C1=NN(CCC(C)=O)[C@@H]2C(=O)N(c3cc(C)cc(C)c3)C(=O)[C@H]12. The molecule has 0 unspecified atom stereocenters. The fourth-order valence-electron chi connectivity index (χ4n) is 3.55. The number of carbonyl (C=O) groups is 4. The molecule has 2 atom stereocenters. The number of esters is 1. The molecule has 0 aliphatic carbocycles. The maximum absolute atomic E-state index is 13.1. The number of methoxy groups -OCH3 is 1. The summed E-state index contributed by atoms with van der Waals surface area (Å²) in [4.78, 5) is 50.7. The van der Waals surface area contributed by atoms with E-state index in [0.717, 1.165) is 16.0 Å². The summed E-state index contributed by atoms with van der Waals surface area (Å²) >= 11 is 0. The second-order valence-electron chi connectivity index (χ2n) is 6.87. The van der Waals surface area contributed by atoms with Gasteiger partial charge < -0.3 is 4.74 Å². The average molecular weight is 371 g/mol. The molecule has 0 bridgehead atoms. The summed E-state index contributed by atoms with van der Waals surface area (Å²) in [6, 6.07) is 4.50. The molecule has 1 saturated heterocycles. The molecule has 2 aliphatic heterocycles. The lowest BCUT2D eigenvalue weighted by Gasteiger charge is -2.22. The van der Waals surface area contributed by atoms with Crippen molar-refractivity contribution in [3.63, 3.8) is 0 Å². The molecule has 2 aliphatic rings. The van der Waals surface area contributed by atoms with Gasteiger partial charge >= 0.3 is 5.97 Å². The molecule has 142 valence electrons. The first-order valence-corrected chi connectivity index (χ1v) is 8.63. The molecular weight excluding hydrogens is 350 g/mol. The number of fused-ring (bicyclic) bond motifs is 1. The number of anilines is 1.